The van der Waals surface area contributed by atoms with Gasteiger partial charge in [0.1, 0.15) is 0 Å². The van der Waals surface area contributed by atoms with Gasteiger partial charge >= 0.3 is 6.03 Å². The molecule has 5 nitrogen and oxygen atoms in total. The van der Waals surface area contributed by atoms with Crippen molar-refractivity contribution in [3.8, 4) is 0 Å². The lowest BCUT2D eigenvalue weighted by Gasteiger charge is -2.49. The molecule has 1 aliphatic carbocycles. The zero-order valence-corrected chi connectivity index (χ0v) is 15.3. The molecule has 2 aliphatic heterocycles. The number of nitrogens with zero attached hydrogens (tertiary/aromatic N) is 1. The van der Waals surface area contributed by atoms with Gasteiger partial charge in [-0.15, -0.1) is 0 Å². The molecule has 25 heavy (non-hydrogen) atoms. The summed E-state index contributed by atoms with van der Waals surface area (Å²) in [6, 6.07) is 7.79. The van der Waals surface area contributed by atoms with Gasteiger partial charge in [0.2, 0.25) is 0 Å². The van der Waals surface area contributed by atoms with E-state index in [0.717, 1.165) is 44.2 Å². The van der Waals surface area contributed by atoms with Gasteiger partial charge < -0.3 is 19.7 Å². The highest BCUT2D eigenvalue weighted by atomic mass is 35.5. The Kier molecular flexibility index (Phi) is 4.42. The van der Waals surface area contributed by atoms with Gasteiger partial charge in [0.25, 0.3) is 0 Å². The van der Waals surface area contributed by atoms with Crippen molar-refractivity contribution in [3.05, 3.63) is 34.9 Å². The average Bonchev–Trinajstić information content (AvgIpc) is 3.07. The predicted molar refractivity (Wildman–Crippen MR) is 95.6 cm³/mol. The van der Waals surface area contributed by atoms with Crippen LogP contribution in [0.25, 0.3) is 0 Å². The molecule has 0 aromatic heterocycles. The van der Waals surface area contributed by atoms with Gasteiger partial charge in [0, 0.05) is 29.9 Å². The maximum atomic E-state index is 12.8. The third-order valence-corrected chi connectivity index (χ3v) is 6.32. The standard InChI is InChI=1S/C19H25ClN2O3/c1-14(15-2-4-16(20)5-3-15)22-11-10-18(21-17(22)23)6-8-19(9-7-18)24-12-13-25-19/h2-5,14H,6-13H2,1H3,(H,21,23). The van der Waals surface area contributed by atoms with E-state index in [4.69, 9.17) is 21.1 Å². The second-order valence-corrected chi connectivity index (χ2v) is 7.93. The van der Waals surface area contributed by atoms with Gasteiger partial charge in [0.05, 0.1) is 19.3 Å². The molecule has 3 aliphatic rings. The van der Waals surface area contributed by atoms with Gasteiger partial charge in [-0.2, -0.15) is 0 Å². The van der Waals surface area contributed by atoms with E-state index in [0.29, 0.717) is 18.2 Å². The number of hydrogen-bond donors (Lipinski definition) is 1. The first-order valence-electron chi connectivity index (χ1n) is 9.13. The van der Waals surface area contributed by atoms with Crippen LogP contribution >= 0.6 is 11.6 Å². The molecule has 1 saturated carbocycles. The van der Waals surface area contributed by atoms with Crippen LogP contribution in [0, 0.1) is 0 Å². The third-order valence-electron chi connectivity index (χ3n) is 6.07. The summed E-state index contributed by atoms with van der Waals surface area (Å²) in [6.07, 6.45) is 4.52. The first kappa shape index (κ1) is 17.1. The summed E-state index contributed by atoms with van der Waals surface area (Å²) in [7, 11) is 0. The number of benzene rings is 1. The van der Waals surface area contributed by atoms with Crippen molar-refractivity contribution in [1.82, 2.24) is 10.2 Å². The van der Waals surface area contributed by atoms with E-state index in [1.807, 2.05) is 29.2 Å². The number of rotatable bonds is 2. The van der Waals surface area contributed by atoms with Crippen LogP contribution in [-0.4, -0.2) is 42.0 Å². The molecule has 2 heterocycles. The fraction of sp³-hybridized carbons (Fsp3) is 0.632. The van der Waals surface area contributed by atoms with Crippen LogP contribution in [-0.2, 0) is 9.47 Å². The highest BCUT2D eigenvalue weighted by molar-refractivity contribution is 6.30. The third kappa shape index (κ3) is 3.25. The molecule has 1 aromatic carbocycles. The lowest BCUT2D eigenvalue weighted by Crippen LogP contribution is -2.62. The lowest BCUT2D eigenvalue weighted by molar-refractivity contribution is -0.187. The Balaban J connectivity index is 1.40. The Hall–Kier alpha value is -1.30. The van der Waals surface area contributed by atoms with Gasteiger partial charge in [-0.1, -0.05) is 23.7 Å². The Morgan fingerprint density at radius 2 is 1.72 bits per heavy atom. The Bertz CT molecular complexity index is 633. The van der Waals surface area contributed by atoms with Crippen molar-refractivity contribution >= 4 is 17.6 Å². The minimum atomic E-state index is -0.385. The molecule has 1 unspecified atom stereocenters. The quantitative estimate of drug-likeness (QED) is 0.866. The predicted octanol–water partition coefficient (Wildman–Crippen LogP) is 3.87. The van der Waals surface area contributed by atoms with E-state index in [-0.39, 0.29) is 23.4 Å². The molecule has 0 bridgehead atoms. The number of urea groups is 1. The summed E-state index contributed by atoms with van der Waals surface area (Å²) in [5, 5.41) is 4.01. The number of nitrogens with one attached hydrogen (secondary N) is 1. The van der Waals surface area contributed by atoms with Gasteiger partial charge in [0.15, 0.2) is 5.79 Å². The second kappa shape index (κ2) is 6.45. The van der Waals surface area contributed by atoms with Crippen molar-refractivity contribution in [2.24, 2.45) is 0 Å². The summed E-state index contributed by atoms with van der Waals surface area (Å²) in [5.74, 6) is -0.385. The maximum absolute atomic E-state index is 12.8. The van der Waals surface area contributed by atoms with Crippen LogP contribution in [0.1, 0.15) is 50.6 Å². The Morgan fingerprint density at radius 3 is 2.32 bits per heavy atom. The molecule has 2 saturated heterocycles. The molecule has 2 spiro atoms. The van der Waals surface area contributed by atoms with Gasteiger partial charge in [-0.25, -0.2) is 4.79 Å². The van der Waals surface area contributed by atoms with Crippen LogP contribution < -0.4 is 5.32 Å². The number of carbonyl (C=O) groups excluding carboxylic acids is 1. The van der Waals surface area contributed by atoms with Crippen LogP contribution in [0.15, 0.2) is 24.3 Å². The van der Waals surface area contributed by atoms with Crippen LogP contribution in [0.3, 0.4) is 0 Å². The summed E-state index contributed by atoms with van der Waals surface area (Å²) in [5.41, 5.74) is 0.999. The Morgan fingerprint density at radius 1 is 1.08 bits per heavy atom. The fourth-order valence-electron chi connectivity index (χ4n) is 4.36. The molecule has 3 fully saturated rings. The molecular formula is C19H25ClN2O3. The highest BCUT2D eigenvalue weighted by Crippen LogP contribution is 2.43. The Labute approximate surface area is 153 Å². The molecule has 1 aromatic rings. The van der Waals surface area contributed by atoms with E-state index >= 15 is 0 Å². The summed E-state index contributed by atoms with van der Waals surface area (Å²) < 4.78 is 11.6. The molecule has 6 heteroatoms. The van der Waals surface area contributed by atoms with Gasteiger partial charge in [-0.3, -0.25) is 0 Å². The molecule has 1 N–H and O–H groups in total. The monoisotopic (exact) mass is 364 g/mol. The fourth-order valence-corrected chi connectivity index (χ4v) is 4.48. The summed E-state index contributed by atoms with van der Waals surface area (Å²) in [6.45, 7) is 4.21. The SMILES string of the molecule is CC(c1ccc(Cl)cc1)N1CCC2(CCC3(CC2)OCCO3)NC1=O. The van der Waals surface area contributed by atoms with Crippen LogP contribution in [0.5, 0.6) is 0 Å². The first-order chi connectivity index (χ1) is 12.0. The number of halogens is 1. The number of ether oxygens (including phenoxy) is 2. The van der Waals surface area contributed by atoms with E-state index in [2.05, 4.69) is 12.2 Å². The minimum absolute atomic E-state index is 0.0258. The molecular weight excluding hydrogens is 340 g/mol. The molecule has 136 valence electrons. The van der Waals surface area contributed by atoms with Crippen molar-refractivity contribution < 1.29 is 14.3 Å². The minimum Gasteiger partial charge on any atom is -0.348 e. The number of amides is 2. The van der Waals surface area contributed by atoms with Crippen molar-refractivity contribution in [3.63, 3.8) is 0 Å². The van der Waals surface area contributed by atoms with Crippen molar-refractivity contribution in [2.75, 3.05) is 19.8 Å². The summed E-state index contributed by atoms with van der Waals surface area (Å²) >= 11 is 5.97. The lowest BCUT2D eigenvalue weighted by atomic mass is 9.75. The van der Waals surface area contributed by atoms with E-state index in [9.17, 15) is 4.79 Å². The smallest absolute Gasteiger partial charge is 0.318 e. The maximum Gasteiger partial charge on any atom is 0.318 e. The van der Waals surface area contributed by atoms with Gasteiger partial charge in [-0.05, 0) is 43.9 Å². The largest absolute Gasteiger partial charge is 0.348 e. The van der Waals surface area contributed by atoms with Crippen LogP contribution in [0.4, 0.5) is 4.79 Å². The van der Waals surface area contributed by atoms with E-state index in [1.54, 1.807) is 0 Å². The number of hydrogen-bond acceptors (Lipinski definition) is 3. The molecule has 4 rings (SSSR count). The zero-order chi connectivity index (χ0) is 17.5. The topological polar surface area (TPSA) is 50.8 Å². The zero-order valence-electron chi connectivity index (χ0n) is 14.6. The highest BCUT2D eigenvalue weighted by Gasteiger charge is 2.49. The average molecular weight is 365 g/mol. The van der Waals surface area contributed by atoms with Crippen molar-refractivity contribution in [2.45, 2.75) is 56.4 Å². The second-order valence-electron chi connectivity index (χ2n) is 7.49. The molecule has 1 atom stereocenters. The first-order valence-corrected chi connectivity index (χ1v) is 9.51. The summed E-state index contributed by atoms with van der Waals surface area (Å²) in [4.78, 5) is 14.7. The van der Waals surface area contributed by atoms with Crippen molar-refractivity contribution in [1.29, 1.82) is 0 Å². The molecule has 0 radical (unpaired) electrons. The normalized spacial score (nSPS) is 26.0. The molecule has 2 amide bonds. The van der Waals surface area contributed by atoms with Crippen LogP contribution in [0.2, 0.25) is 5.02 Å². The van der Waals surface area contributed by atoms with E-state index < -0.39 is 0 Å². The number of carbonyl (C=O) groups is 1. The van der Waals surface area contributed by atoms with E-state index in [1.165, 1.54) is 0 Å².